The minimum atomic E-state index is -3.92. The van der Waals surface area contributed by atoms with Gasteiger partial charge in [0.25, 0.3) is 0 Å². The maximum absolute atomic E-state index is 13.0. The third-order valence-electron chi connectivity index (χ3n) is 4.93. The molecule has 0 radical (unpaired) electrons. The molecule has 0 bridgehead atoms. The van der Waals surface area contributed by atoms with Crippen LogP contribution in [0, 0.1) is 5.92 Å². The summed E-state index contributed by atoms with van der Waals surface area (Å²) in [6, 6.07) is 16.3. The van der Waals surface area contributed by atoms with Crippen molar-refractivity contribution in [1.29, 1.82) is 0 Å². The monoisotopic (exact) mass is 442 g/mol. The van der Waals surface area contributed by atoms with Gasteiger partial charge in [0.15, 0.2) is 0 Å². The second-order valence-corrected chi connectivity index (χ2v) is 9.12. The van der Waals surface area contributed by atoms with Crippen molar-refractivity contribution in [2.75, 3.05) is 19.5 Å². The topological polar surface area (TPSA) is 93.7 Å². The Hall–Kier alpha value is -3.10. The van der Waals surface area contributed by atoms with E-state index in [9.17, 15) is 13.2 Å². The van der Waals surface area contributed by atoms with Crippen molar-refractivity contribution >= 4 is 32.4 Å². The SMILES string of the molecule is COc1ccc(NC(=O)[C@@H](NS(=O)(=O)c2ccc3ccccc3c2)C(C)C)c(OC)c1. The van der Waals surface area contributed by atoms with E-state index in [-0.39, 0.29) is 10.8 Å². The Kier molecular flexibility index (Phi) is 6.82. The number of hydrogen-bond acceptors (Lipinski definition) is 5. The molecular weight excluding hydrogens is 416 g/mol. The lowest BCUT2D eigenvalue weighted by Gasteiger charge is -2.22. The Bertz CT molecular complexity index is 1190. The van der Waals surface area contributed by atoms with Gasteiger partial charge in [-0.1, -0.05) is 44.2 Å². The molecule has 0 saturated carbocycles. The van der Waals surface area contributed by atoms with Gasteiger partial charge in [-0.15, -0.1) is 0 Å². The number of methoxy groups -OCH3 is 2. The van der Waals surface area contributed by atoms with Crippen LogP contribution in [-0.4, -0.2) is 34.6 Å². The van der Waals surface area contributed by atoms with Crippen molar-refractivity contribution in [3.8, 4) is 11.5 Å². The zero-order valence-corrected chi connectivity index (χ0v) is 18.7. The first-order valence-corrected chi connectivity index (χ1v) is 11.3. The Morgan fingerprint density at radius 1 is 0.903 bits per heavy atom. The molecule has 0 aliphatic carbocycles. The van der Waals surface area contributed by atoms with E-state index in [2.05, 4.69) is 10.0 Å². The Balaban J connectivity index is 1.85. The van der Waals surface area contributed by atoms with Crippen molar-refractivity contribution in [2.24, 2.45) is 5.92 Å². The Morgan fingerprint density at radius 2 is 1.61 bits per heavy atom. The first kappa shape index (κ1) is 22.6. The second-order valence-electron chi connectivity index (χ2n) is 7.41. The van der Waals surface area contributed by atoms with Crippen LogP contribution in [-0.2, 0) is 14.8 Å². The average molecular weight is 443 g/mol. The highest BCUT2D eigenvalue weighted by molar-refractivity contribution is 7.89. The van der Waals surface area contributed by atoms with Gasteiger partial charge in [0, 0.05) is 6.07 Å². The smallest absolute Gasteiger partial charge is 0.242 e. The van der Waals surface area contributed by atoms with Gasteiger partial charge in [0.2, 0.25) is 15.9 Å². The molecule has 2 N–H and O–H groups in total. The van der Waals surface area contributed by atoms with Crippen molar-refractivity contribution in [1.82, 2.24) is 4.72 Å². The van der Waals surface area contributed by atoms with E-state index >= 15 is 0 Å². The Morgan fingerprint density at radius 3 is 2.26 bits per heavy atom. The molecule has 0 heterocycles. The van der Waals surface area contributed by atoms with Crippen molar-refractivity contribution in [2.45, 2.75) is 24.8 Å². The summed E-state index contributed by atoms with van der Waals surface area (Å²) in [5.74, 6) is 0.210. The van der Waals surface area contributed by atoms with Crippen molar-refractivity contribution < 1.29 is 22.7 Å². The summed E-state index contributed by atoms with van der Waals surface area (Å²) in [7, 11) is -0.912. The van der Waals surface area contributed by atoms with Crippen LogP contribution in [0.2, 0.25) is 0 Å². The van der Waals surface area contributed by atoms with Gasteiger partial charge in [0.1, 0.15) is 17.5 Å². The first-order valence-electron chi connectivity index (χ1n) is 9.79. The van der Waals surface area contributed by atoms with Gasteiger partial charge in [-0.3, -0.25) is 4.79 Å². The molecule has 0 spiro atoms. The summed E-state index contributed by atoms with van der Waals surface area (Å²) in [6.45, 7) is 3.55. The molecule has 0 aliphatic rings. The fourth-order valence-corrected chi connectivity index (χ4v) is 4.55. The number of amides is 1. The van der Waals surface area contributed by atoms with E-state index < -0.39 is 22.0 Å². The number of rotatable bonds is 8. The molecule has 3 aromatic rings. The number of hydrogen-bond donors (Lipinski definition) is 2. The zero-order chi connectivity index (χ0) is 22.6. The van der Waals surface area contributed by atoms with Gasteiger partial charge in [-0.05, 0) is 41.0 Å². The van der Waals surface area contributed by atoms with Crippen molar-refractivity contribution in [3.63, 3.8) is 0 Å². The number of carbonyl (C=O) groups excluding carboxylic acids is 1. The molecule has 0 unspecified atom stereocenters. The third-order valence-corrected chi connectivity index (χ3v) is 6.37. The maximum atomic E-state index is 13.0. The highest BCUT2D eigenvalue weighted by atomic mass is 32.2. The van der Waals surface area contributed by atoms with E-state index in [0.29, 0.717) is 17.2 Å². The molecule has 3 rings (SSSR count). The van der Waals surface area contributed by atoms with Gasteiger partial charge in [-0.25, -0.2) is 8.42 Å². The third kappa shape index (κ3) is 5.15. The normalized spacial score (nSPS) is 12.5. The first-order chi connectivity index (χ1) is 14.7. The van der Waals surface area contributed by atoms with Gasteiger partial charge < -0.3 is 14.8 Å². The van der Waals surface area contributed by atoms with Gasteiger partial charge >= 0.3 is 0 Å². The van der Waals surface area contributed by atoms with Crippen LogP contribution in [0.4, 0.5) is 5.69 Å². The van der Waals surface area contributed by atoms with Gasteiger partial charge in [-0.2, -0.15) is 4.72 Å². The minimum Gasteiger partial charge on any atom is -0.497 e. The summed E-state index contributed by atoms with van der Waals surface area (Å²) in [4.78, 5) is 13.1. The molecule has 7 nitrogen and oxygen atoms in total. The molecule has 0 saturated heterocycles. The second kappa shape index (κ2) is 9.36. The molecular formula is C23H26N2O5S. The molecule has 3 aromatic carbocycles. The van der Waals surface area contributed by atoms with E-state index in [4.69, 9.17) is 9.47 Å². The predicted molar refractivity (Wildman–Crippen MR) is 121 cm³/mol. The number of sulfonamides is 1. The van der Waals surface area contributed by atoms with Crippen LogP contribution in [0.25, 0.3) is 10.8 Å². The summed E-state index contributed by atoms with van der Waals surface area (Å²) >= 11 is 0. The summed E-state index contributed by atoms with van der Waals surface area (Å²) in [6.07, 6.45) is 0. The molecule has 1 atom stereocenters. The van der Waals surface area contributed by atoms with Crippen LogP contribution < -0.4 is 19.5 Å². The highest BCUT2D eigenvalue weighted by Gasteiger charge is 2.29. The van der Waals surface area contributed by atoms with Gasteiger partial charge in [0.05, 0.1) is 24.8 Å². The van der Waals surface area contributed by atoms with Crippen LogP contribution in [0.1, 0.15) is 13.8 Å². The predicted octanol–water partition coefficient (Wildman–Crippen LogP) is 3.80. The zero-order valence-electron chi connectivity index (χ0n) is 17.9. The molecule has 0 fully saturated rings. The number of fused-ring (bicyclic) bond motifs is 1. The quantitative estimate of drug-likeness (QED) is 0.553. The van der Waals surface area contributed by atoms with E-state index in [1.807, 2.05) is 24.3 Å². The van der Waals surface area contributed by atoms with Crippen molar-refractivity contribution in [3.05, 3.63) is 60.7 Å². The number of carbonyl (C=O) groups is 1. The van der Waals surface area contributed by atoms with Crippen LogP contribution in [0.15, 0.2) is 65.6 Å². The largest absolute Gasteiger partial charge is 0.497 e. The molecule has 1 amide bonds. The van der Waals surface area contributed by atoms with E-state index in [1.54, 1.807) is 44.2 Å². The molecule has 0 aliphatic heterocycles. The summed E-state index contributed by atoms with van der Waals surface area (Å²) in [5.41, 5.74) is 0.420. The number of nitrogens with one attached hydrogen (secondary N) is 2. The highest BCUT2D eigenvalue weighted by Crippen LogP contribution is 2.29. The van der Waals surface area contributed by atoms with Crippen LogP contribution >= 0.6 is 0 Å². The van der Waals surface area contributed by atoms with Crippen LogP contribution in [0.5, 0.6) is 11.5 Å². The standard InChI is InChI=1S/C23H26N2O5S/c1-15(2)22(23(26)24-20-12-10-18(29-3)14-21(20)30-4)25-31(27,28)19-11-9-16-7-5-6-8-17(16)13-19/h5-15,22,25H,1-4H3,(H,24,26)/t22-/m0/s1. The van der Waals surface area contributed by atoms with E-state index in [1.165, 1.54) is 20.3 Å². The molecule has 31 heavy (non-hydrogen) atoms. The lowest BCUT2D eigenvalue weighted by atomic mass is 10.0. The fraction of sp³-hybridized carbons (Fsp3) is 0.261. The van der Waals surface area contributed by atoms with E-state index in [0.717, 1.165) is 10.8 Å². The lowest BCUT2D eigenvalue weighted by molar-refractivity contribution is -0.118. The average Bonchev–Trinajstić information content (AvgIpc) is 2.77. The fourth-order valence-electron chi connectivity index (χ4n) is 3.17. The van der Waals surface area contributed by atoms with Crippen LogP contribution in [0.3, 0.4) is 0 Å². The summed E-state index contributed by atoms with van der Waals surface area (Å²) in [5, 5.41) is 4.49. The summed E-state index contributed by atoms with van der Waals surface area (Å²) < 4.78 is 39.1. The molecule has 8 heteroatoms. The Labute approximate surface area is 182 Å². The lowest BCUT2D eigenvalue weighted by Crippen LogP contribution is -2.47. The molecule has 164 valence electrons. The number of anilines is 1. The maximum Gasteiger partial charge on any atom is 0.242 e. The molecule has 0 aromatic heterocycles. The minimum absolute atomic E-state index is 0.103. The number of ether oxygens (including phenoxy) is 2. The number of benzene rings is 3.